The highest BCUT2D eigenvalue weighted by molar-refractivity contribution is 7.84. The molecule has 1 aromatic heterocycles. The van der Waals surface area contributed by atoms with Gasteiger partial charge >= 0.3 is 10.3 Å². The van der Waals surface area contributed by atoms with Gasteiger partial charge < -0.3 is 8.92 Å². The molecule has 186 valence electrons. The Balaban J connectivity index is 1.41. The maximum Gasteiger partial charge on any atom is 0.385 e. The molecule has 0 fully saturated rings. The second-order valence-corrected chi connectivity index (χ2v) is 11.1. The molecule has 0 saturated carbocycles. The molecule has 1 atom stereocenters. The third kappa shape index (κ3) is 4.22. The van der Waals surface area contributed by atoms with Crippen LogP contribution in [0.1, 0.15) is 46.2 Å². The van der Waals surface area contributed by atoms with Crippen molar-refractivity contribution >= 4 is 21.3 Å². The van der Waals surface area contributed by atoms with Crippen LogP contribution >= 0.6 is 0 Å². The van der Waals surface area contributed by atoms with Crippen LogP contribution in [0.25, 0.3) is 11.0 Å². The Morgan fingerprint density at radius 3 is 2.67 bits per heavy atom. The summed E-state index contributed by atoms with van der Waals surface area (Å²) >= 11 is 0. The van der Waals surface area contributed by atoms with Gasteiger partial charge in [-0.15, -0.1) is 5.10 Å². The molecule has 0 amide bonds. The molecule has 0 aliphatic carbocycles. The van der Waals surface area contributed by atoms with Crippen molar-refractivity contribution in [1.29, 1.82) is 0 Å². The zero-order valence-corrected chi connectivity index (χ0v) is 21.2. The van der Waals surface area contributed by atoms with E-state index in [9.17, 15) is 8.42 Å². The summed E-state index contributed by atoms with van der Waals surface area (Å²) in [5.41, 5.74) is 8.17. The average Bonchev–Trinajstić information content (AvgIpc) is 3.26. The van der Waals surface area contributed by atoms with Crippen molar-refractivity contribution in [2.24, 2.45) is 0 Å². The standard InChI is InChI=1S/C27H28N4O4S/c1-18-5-6-20-13-21-7-9-25-27(19(21)2)28-29-31(25)11-3-4-12-34-24-8-10-26-23(15-24)17-30(16-22(18)14-20)36(32,33)35-26/h5-10,14-15H,3-4,11-13,16-17H2,1-2H3. The minimum absolute atomic E-state index is 0.235. The van der Waals surface area contributed by atoms with Crippen molar-refractivity contribution in [2.45, 2.75) is 52.7 Å². The lowest BCUT2D eigenvalue weighted by Crippen LogP contribution is -2.37. The Morgan fingerprint density at radius 1 is 0.917 bits per heavy atom. The van der Waals surface area contributed by atoms with Gasteiger partial charge in [-0.1, -0.05) is 29.5 Å². The Bertz CT molecular complexity index is 1580. The number of hydrogen-bond acceptors (Lipinski definition) is 6. The molecule has 4 aromatic rings. The normalized spacial score (nSPS) is 19.2. The second-order valence-electron chi connectivity index (χ2n) is 9.60. The van der Waals surface area contributed by atoms with E-state index in [4.69, 9.17) is 8.92 Å². The highest BCUT2D eigenvalue weighted by Gasteiger charge is 2.32. The molecule has 9 heteroatoms. The van der Waals surface area contributed by atoms with E-state index in [1.54, 1.807) is 12.1 Å². The van der Waals surface area contributed by atoms with Crippen molar-refractivity contribution in [1.82, 2.24) is 19.3 Å². The molecule has 4 heterocycles. The molecule has 3 aliphatic heterocycles. The van der Waals surface area contributed by atoms with Gasteiger partial charge in [0.15, 0.2) is 0 Å². The van der Waals surface area contributed by atoms with Crippen LogP contribution in [0.3, 0.4) is 0 Å². The first-order valence-corrected chi connectivity index (χ1v) is 13.6. The highest BCUT2D eigenvalue weighted by Crippen LogP contribution is 2.33. The Kier molecular flexibility index (Phi) is 5.69. The number of aromatic nitrogens is 3. The summed E-state index contributed by atoms with van der Waals surface area (Å²) in [4.78, 5) is 0. The minimum atomic E-state index is -3.90. The van der Waals surface area contributed by atoms with Gasteiger partial charge in [-0.25, -0.2) is 4.68 Å². The molecular formula is C27H28N4O4S. The van der Waals surface area contributed by atoms with Crippen molar-refractivity contribution < 1.29 is 17.3 Å². The van der Waals surface area contributed by atoms with Crippen LogP contribution in [0.2, 0.25) is 0 Å². The number of nitrogens with zero attached hydrogens (tertiary/aromatic N) is 4. The number of fused-ring (bicyclic) bond motifs is 5. The van der Waals surface area contributed by atoms with Crippen molar-refractivity contribution in [2.75, 3.05) is 6.61 Å². The summed E-state index contributed by atoms with van der Waals surface area (Å²) in [5, 5.41) is 8.88. The van der Waals surface area contributed by atoms with Gasteiger partial charge in [0.2, 0.25) is 0 Å². The molecule has 0 saturated heterocycles. The van der Waals surface area contributed by atoms with E-state index < -0.39 is 10.3 Å². The zero-order chi connectivity index (χ0) is 24.9. The Labute approximate surface area is 210 Å². The van der Waals surface area contributed by atoms with E-state index in [0.29, 0.717) is 18.1 Å². The highest BCUT2D eigenvalue weighted by atomic mass is 32.2. The summed E-state index contributed by atoms with van der Waals surface area (Å²) in [6, 6.07) is 15.8. The first kappa shape index (κ1) is 23.0. The van der Waals surface area contributed by atoms with Crippen molar-refractivity contribution in [3.8, 4) is 11.5 Å². The molecule has 0 radical (unpaired) electrons. The van der Waals surface area contributed by atoms with Gasteiger partial charge in [0.1, 0.15) is 17.0 Å². The first-order valence-electron chi connectivity index (χ1n) is 12.2. The summed E-state index contributed by atoms with van der Waals surface area (Å²) in [6.45, 7) is 5.90. The predicted molar refractivity (Wildman–Crippen MR) is 136 cm³/mol. The fourth-order valence-electron chi connectivity index (χ4n) is 4.96. The first-order chi connectivity index (χ1) is 17.4. The quantitative estimate of drug-likeness (QED) is 0.352. The molecule has 1 unspecified atom stereocenters. The van der Waals surface area contributed by atoms with Crippen molar-refractivity contribution in [3.63, 3.8) is 0 Å². The zero-order valence-electron chi connectivity index (χ0n) is 20.4. The number of aryl methyl sites for hydroxylation is 3. The fourth-order valence-corrected chi connectivity index (χ4v) is 6.04. The molecule has 0 spiro atoms. The Hall–Kier alpha value is -3.43. The SMILES string of the molecule is Cc1ccc2cc1CN1Cc3cc(ccc3OS1(=O)=O)OCCCCn1nnc3c(C)c(ccc31)C2. The number of ether oxygens (including phenoxy) is 1. The maximum absolute atomic E-state index is 12.9. The number of hydrogen-bond donors (Lipinski definition) is 0. The Morgan fingerprint density at radius 2 is 1.78 bits per heavy atom. The van der Waals surface area contributed by atoms with Crippen LogP contribution in [-0.2, 0) is 36.4 Å². The summed E-state index contributed by atoms with van der Waals surface area (Å²) < 4.78 is 40.7. The van der Waals surface area contributed by atoms with E-state index in [1.165, 1.54) is 9.87 Å². The molecular weight excluding hydrogens is 476 g/mol. The third-order valence-electron chi connectivity index (χ3n) is 7.13. The molecule has 3 aromatic carbocycles. The van der Waals surface area contributed by atoms with Gasteiger partial charge in [0, 0.05) is 25.2 Å². The lowest BCUT2D eigenvalue weighted by atomic mass is 9.96. The van der Waals surface area contributed by atoms with E-state index in [-0.39, 0.29) is 13.1 Å². The van der Waals surface area contributed by atoms with Crippen LogP contribution in [0.15, 0.2) is 48.5 Å². The lowest BCUT2D eigenvalue weighted by molar-refractivity contribution is 0.296. The smallest absolute Gasteiger partial charge is 0.385 e. The van der Waals surface area contributed by atoms with E-state index in [1.807, 2.05) is 17.7 Å². The van der Waals surface area contributed by atoms with Crippen LogP contribution < -0.4 is 8.92 Å². The maximum atomic E-state index is 12.9. The monoisotopic (exact) mass is 504 g/mol. The van der Waals surface area contributed by atoms with E-state index >= 15 is 0 Å². The van der Waals surface area contributed by atoms with E-state index in [0.717, 1.165) is 64.7 Å². The molecule has 0 N–H and O–H groups in total. The van der Waals surface area contributed by atoms with Crippen molar-refractivity contribution in [3.05, 3.63) is 81.9 Å². The second kappa shape index (κ2) is 8.90. The van der Waals surface area contributed by atoms with Gasteiger partial charge in [0.25, 0.3) is 0 Å². The lowest BCUT2D eigenvalue weighted by Gasteiger charge is -2.28. The molecule has 8 nitrogen and oxygen atoms in total. The molecule has 7 rings (SSSR count). The predicted octanol–water partition coefficient (Wildman–Crippen LogP) is 4.45. The summed E-state index contributed by atoms with van der Waals surface area (Å²) in [7, 11) is -3.90. The van der Waals surface area contributed by atoms with Gasteiger partial charge in [-0.05, 0) is 85.2 Å². The van der Waals surface area contributed by atoms with Crippen LogP contribution in [0, 0.1) is 13.8 Å². The topological polar surface area (TPSA) is 86.5 Å². The minimum Gasteiger partial charge on any atom is -0.494 e. The number of benzene rings is 3. The molecule has 9 bridgehead atoms. The molecule has 36 heavy (non-hydrogen) atoms. The van der Waals surface area contributed by atoms with Crippen LogP contribution in [-0.4, -0.2) is 34.3 Å². The van der Waals surface area contributed by atoms with Crippen LogP contribution in [0.5, 0.6) is 11.5 Å². The largest absolute Gasteiger partial charge is 0.494 e. The third-order valence-corrected chi connectivity index (χ3v) is 8.41. The van der Waals surface area contributed by atoms with Gasteiger partial charge in [-0.3, -0.25) is 0 Å². The van der Waals surface area contributed by atoms with Crippen LogP contribution in [0.4, 0.5) is 0 Å². The molecule has 3 aliphatic rings. The summed E-state index contributed by atoms with van der Waals surface area (Å²) in [5.74, 6) is 1.07. The van der Waals surface area contributed by atoms with Gasteiger partial charge in [-0.2, -0.15) is 12.7 Å². The number of rotatable bonds is 0. The van der Waals surface area contributed by atoms with Gasteiger partial charge in [0.05, 0.1) is 12.1 Å². The fraction of sp³-hybridized carbons (Fsp3) is 0.333. The summed E-state index contributed by atoms with van der Waals surface area (Å²) in [6.07, 6.45) is 2.50. The average molecular weight is 505 g/mol. The van der Waals surface area contributed by atoms with E-state index in [2.05, 4.69) is 47.6 Å².